The third-order valence-corrected chi connectivity index (χ3v) is 7.06. The first-order valence-electron chi connectivity index (χ1n) is 11.7. The van der Waals surface area contributed by atoms with Gasteiger partial charge in [0, 0.05) is 50.7 Å². The van der Waals surface area contributed by atoms with Gasteiger partial charge in [0.1, 0.15) is 5.82 Å². The average molecular weight is 480 g/mol. The van der Waals surface area contributed by atoms with Crippen LogP contribution < -0.4 is 9.80 Å². The van der Waals surface area contributed by atoms with Gasteiger partial charge in [-0.3, -0.25) is 4.79 Å². The van der Waals surface area contributed by atoms with Crippen molar-refractivity contribution in [1.29, 1.82) is 0 Å². The molecule has 2 aliphatic rings. The second-order valence-electron chi connectivity index (χ2n) is 8.81. The molecular weight excluding hydrogens is 453 g/mol. The lowest BCUT2D eigenvalue weighted by Gasteiger charge is -2.39. The molecule has 0 bridgehead atoms. The number of aromatic nitrogens is 2. The molecule has 5 rings (SSSR count). The smallest absolute Gasteiger partial charge is 0.225 e. The number of carbonyl (C=O) groups excluding carboxylic acids is 1. The Bertz CT molecular complexity index is 1120. The van der Waals surface area contributed by atoms with Crippen LogP contribution in [0.3, 0.4) is 0 Å². The molecule has 2 fully saturated rings. The molecule has 8 heteroatoms. The number of hydrogen-bond acceptors (Lipinski definition) is 5. The third kappa shape index (κ3) is 4.85. The van der Waals surface area contributed by atoms with E-state index in [0.29, 0.717) is 5.69 Å². The number of halogens is 2. The van der Waals surface area contributed by atoms with Crippen LogP contribution in [0, 0.1) is 11.7 Å². The van der Waals surface area contributed by atoms with Gasteiger partial charge in [-0.15, -0.1) is 10.2 Å². The van der Waals surface area contributed by atoms with Gasteiger partial charge in [0.25, 0.3) is 0 Å². The first-order valence-corrected chi connectivity index (χ1v) is 12.1. The van der Waals surface area contributed by atoms with Crippen molar-refractivity contribution < 1.29 is 9.18 Å². The lowest BCUT2D eigenvalue weighted by molar-refractivity contribution is -0.136. The molecule has 176 valence electrons. The summed E-state index contributed by atoms with van der Waals surface area (Å²) in [7, 11) is 0. The van der Waals surface area contributed by atoms with Crippen LogP contribution in [0.15, 0.2) is 60.7 Å². The van der Waals surface area contributed by atoms with E-state index in [2.05, 4.69) is 20.0 Å². The SMILES string of the molecule is O=C(C1CCN(c2ccc(-c3ccc(F)cc3)nn2)CC1)N1CCN(c2ccccc2Cl)CC1. The number of benzene rings is 2. The fraction of sp³-hybridized carbons (Fsp3) is 0.346. The van der Waals surface area contributed by atoms with E-state index < -0.39 is 0 Å². The summed E-state index contributed by atoms with van der Waals surface area (Å²) in [5.41, 5.74) is 2.58. The number of rotatable bonds is 4. The quantitative estimate of drug-likeness (QED) is 0.551. The summed E-state index contributed by atoms with van der Waals surface area (Å²) in [6.07, 6.45) is 1.62. The van der Waals surface area contributed by atoms with Gasteiger partial charge in [-0.25, -0.2) is 4.39 Å². The number of carbonyl (C=O) groups is 1. The van der Waals surface area contributed by atoms with Crippen LogP contribution in [0.2, 0.25) is 5.02 Å². The molecule has 0 atom stereocenters. The third-order valence-electron chi connectivity index (χ3n) is 6.74. The van der Waals surface area contributed by atoms with E-state index in [-0.39, 0.29) is 17.6 Å². The highest BCUT2D eigenvalue weighted by Crippen LogP contribution is 2.28. The van der Waals surface area contributed by atoms with Crippen LogP contribution in [0.25, 0.3) is 11.3 Å². The van der Waals surface area contributed by atoms with Crippen molar-refractivity contribution in [2.45, 2.75) is 12.8 Å². The first-order chi connectivity index (χ1) is 16.6. The van der Waals surface area contributed by atoms with Crippen LogP contribution in [-0.4, -0.2) is 60.3 Å². The van der Waals surface area contributed by atoms with Crippen molar-refractivity contribution in [3.8, 4) is 11.3 Å². The van der Waals surface area contributed by atoms with Crippen molar-refractivity contribution in [3.05, 3.63) is 71.5 Å². The van der Waals surface area contributed by atoms with E-state index in [1.54, 1.807) is 12.1 Å². The summed E-state index contributed by atoms with van der Waals surface area (Å²) < 4.78 is 13.1. The Morgan fingerprint density at radius 1 is 0.824 bits per heavy atom. The summed E-state index contributed by atoms with van der Waals surface area (Å²) in [5.74, 6) is 0.851. The summed E-state index contributed by atoms with van der Waals surface area (Å²) in [4.78, 5) is 19.6. The maximum absolute atomic E-state index is 13.1. The number of piperazine rings is 1. The minimum atomic E-state index is -0.270. The molecular formula is C26H27ClFN5O. The number of hydrogen-bond donors (Lipinski definition) is 0. The zero-order valence-corrected chi connectivity index (χ0v) is 19.7. The second-order valence-corrected chi connectivity index (χ2v) is 9.22. The topological polar surface area (TPSA) is 52.6 Å². The standard InChI is InChI=1S/C26H27ClFN5O/c27-22-3-1-2-4-24(22)31-15-17-33(18-16-31)26(34)20-11-13-32(14-12-20)25-10-9-23(29-30-25)19-5-7-21(28)8-6-19/h1-10,20H,11-18H2. The van der Waals surface area contributed by atoms with E-state index in [9.17, 15) is 9.18 Å². The maximum atomic E-state index is 13.1. The summed E-state index contributed by atoms with van der Waals surface area (Å²) in [5, 5.41) is 9.45. The average Bonchev–Trinajstić information content (AvgIpc) is 2.89. The summed E-state index contributed by atoms with van der Waals surface area (Å²) in [6, 6.07) is 18.0. The zero-order valence-electron chi connectivity index (χ0n) is 18.9. The number of piperidine rings is 1. The number of amides is 1. The predicted octanol–water partition coefficient (Wildman–Crippen LogP) is 4.50. The minimum Gasteiger partial charge on any atom is -0.367 e. The van der Waals surface area contributed by atoms with Crippen molar-refractivity contribution >= 4 is 29.0 Å². The van der Waals surface area contributed by atoms with Crippen molar-refractivity contribution in [2.75, 3.05) is 49.1 Å². The van der Waals surface area contributed by atoms with Gasteiger partial charge >= 0.3 is 0 Å². The highest BCUT2D eigenvalue weighted by atomic mass is 35.5. The molecule has 34 heavy (non-hydrogen) atoms. The Morgan fingerprint density at radius 2 is 1.53 bits per heavy atom. The van der Waals surface area contributed by atoms with Crippen LogP contribution in [0.4, 0.5) is 15.9 Å². The van der Waals surface area contributed by atoms with Crippen molar-refractivity contribution in [3.63, 3.8) is 0 Å². The molecule has 2 aliphatic heterocycles. The molecule has 0 unspecified atom stereocenters. The Balaban J connectivity index is 1.13. The Labute approximate surface area is 204 Å². The fourth-order valence-electron chi connectivity index (χ4n) is 4.76. The predicted molar refractivity (Wildman–Crippen MR) is 133 cm³/mol. The summed E-state index contributed by atoms with van der Waals surface area (Å²) in [6.45, 7) is 4.59. The van der Waals surface area contributed by atoms with Crippen LogP contribution in [-0.2, 0) is 4.79 Å². The molecule has 0 radical (unpaired) electrons. The Morgan fingerprint density at radius 3 is 2.18 bits per heavy atom. The van der Waals surface area contributed by atoms with Gasteiger partial charge in [-0.2, -0.15) is 0 Å². The molecule has 3 aromatic rings. The Kier molecular flexibility index (Phi) is 6.63. The zero-order chi connectivity index (χ0) is 23.5. The van der Waals surface area contributed by atoms with Gasteiger partial charge in [-0.05, 0) is 61.4 Å². The monoisotopic (exact) mass is 479 g/mol. The van der Waals surface area contributed by atoms with E-state index in [4.69, 9.17) is 11.6 Å². The minimum absolute atomic E-state index is 0.0505. The molecule has 1 aromatic heterocycles. The van der Waals surface area contributed by atoms with Gasteiger partial charge in [0.05, 0.1) is 16.4 Å². The molecule has 6 nitrogen and oxygen atoms in total. The highest BCUT2D eigenvalue weighted by molar-refractivity contribution is 6.33. The van der Waals surface area contributed by atoms with Crippen LogP contribution in [0.5, 0.6) is 0 Å². The van der Waals surface area contributed by atoms with E-state index >= 15 is 0 Å². The van der Waals surface area contributed by atoms with E-state index in [1.807, 2.05) is 41.3 Å². The van der Waals surface area contributed by atoms with Crippen LogP contribution in [0.1, 0.15) is 12.8 Å². The van der Waals surface area contributed by atoms with Crippen molar-refractivity contribution in [2.24, 2.45) is 5.92 Å². The molecule has 3 heterocycles. The molecule has 1 amide bonds. The second kappa shape index (κ2) is 9.97. The van der Waals surface area contributed by atoms with Gasteiger partial charge in [-0.1, -0.05) is 23.7 Å². The molecule has 2 aromatic carbocycles. The lowest BCUT2D eigenvalue weighted by Crippen LogP contribution is -2.51. The summed E-state index contributed by atoms with van der Waals surface area (Å²) >= 11 is 6.34. The van der Waals surface area contributed by atoms with Crippen molar-refractivity contribution in [1.82, 2.24) is 15.1 Å². The largest absolute Gasteiger partial charge is 0.367 e. The van der Waals surface area contributed by atoms with E-state index in [1.165, 1.54) is 12.1 Å². The highest BCUT2D eigenvalue weighted by Gasteiger charge is 2.31. The van der Waals surface area contributed by atoms with Gasteiger partial charge in [0.15, 0.2) is 5.82 Å². The van der Waals surface area contributed by atoms with E-state index in [0.717, 1.165) is 74.2 Å². The Hall–Kier alpha value is -3.19. The number of nitrogens with zero attached hydrogens (tertiary/aromatic N) is 5. The number of para-hydroxylation sites is 1. The molecule has 0 aliphatic carbocycles. The van der Waals surface area contributed by atoms with Gasteiger partial charge in [0.2, 0.25) is 5.91 Å². The number of anilines is 2. The maximum Gasteiger partial charge on any atom is 0.225 e. The van der Waals surface area contributed by atoms with Gasteiger partial charge < -0.3 is 14.7 Å². The fourth-order valence-corrected chi connectivity index (χ4v) is 5.01. The van der Waals surface area contributed by atoms with Crippen LogP contribution >= 0.6 is 11.6 Å². The molecule has 2 saturated heterocycles. The normalized spacial score (nSPS) is 17.2. The first kappa shape index (κ1) is 22.6. The molecule has 0 spiro atoms. The lowest BCUT2D eigenvalue weighted by atomic mass is 9.95. The molecule has 0 N–H and O–H groups in total. The molecule has 0 saturated carbocycles.